The summed E-state index contributed by atoms with van der Waals surface area (Å²) in [7, 11) is 2.18. The van der Waals surface area contributed by atoms with Gasteiger partial charge in [-0.3, -0.25) is 0 Å². The first-order chi connectivity index (χ1) is 18.7. The lowest BCUT2D eigenvalue weighted by atomic mass is 10.1. The van der Waals surface area contributed by atoms with E-state index < -0.39 is 8.32 Å². The van der Waals surface area contributed by atoms with E-state index in [4.69, 9.17) is 18.6 Å². The summed E-state index contributed by atoms with van der Waals surface area (Å²) < 4.78 is 25.1. The largest absolute Gasteiger partial charge is 0.531 e. The number of methoxy groups -OCH3 is 3. The van der Waals surface area contributed by atoms with Crippen molar-refractivity contribution in [2.75, 3.05) is 21.3 Å². The minimum atomic E-state index is -2.81. The van der Waals surface area contributed by atoms with Crippen molar-refractivity contribution in [3.05, 3.63) is 106 Å². The summed E-state index contributed by atoms with van der Waals surface area (Å²) in [5.74, 6) is 2.88. The minimum absolute atomic E-state index is 0.164. The molecule has 0 atom stereocenters. The molecule has 0 bridgehead atoms. The van der Waals surface area contributed by atoms with Crippen LogP contribution in [0.1, 0.15) is 31.9 Å². The van der Waals surface area contributed by atoms with Crippen LogP contribution in [0.5, 0.6) is 23.0 Å². The number of benzene rings is 4. The van der Waals surface area contributed by atoms with E-state index in [1.54, 1.807) is 21.3 Å². The molecule has 39 heavy (non-hydrogen) atoms. The summed E-state index contributed by atoms with van der Waals surface area (Å²) in [6.07, 6.45) is 4.15. The van der Waals surface area contributed by atoms with Crippen LogP contribution in [0.4, 0.5) is 0 Å². The van der Waals surface area contributed by atoms with E-state index in [1.165, 1.54) is 10.4 Å². The number of ether oxygens (including phenoxy) is 3. The molecule has 0 fully saturated rings. The summed E-state index contributed by atoms with van der Waals surface area (Å²) in [5, 5.41) is 2.27. The fourth-order valence-corrected chi connectivity index (χ4v) is 10.2. The van der Waals surface area contributed by atoms with Crippen LogP contribution in [0.25, 0.3) is 12.2 Å². The molecule has 0 aliphatic heterocycles. The Morgan fingerprint density at radius 1 is 0.615 bits per heavy atom. The molecule has 0 heterocycles. The Hall–Kier alpha value is -3.23. The molecule has 6 heteroatoms. The van der Waals surface area contributed by atoms with Gasteiger partial charge in [0.2, 0.25) is 0 Å². The van der Waals surface area contributed by atoms with Crippen LogP contribution >= 0.6 is 22.6 Å². The number of hydrogen-bond donors (Lipinski definition) is 0. The van der Waals surface area contributed by atoms with Crippen molar-refractivity contribution in [1.82, 2.24) is 0 Å². The molecule has 0 aliphatic rings. The van der Waals surface area contributed by atoms with Crippen LogP contribution < -0.4 is 29.0 Å². The van der Waals surface area contributed by atoms with Crippen LogP contribution in [0.15, 0.2) is 91.0 Å². The highest BCUT2D eigenvalue weighted by Gasteiger charge is 2.52. The lowest BCUT2D eigenvalue weighted by molar-refractivity contribution is 0.353. The standard InChI is InChI=1S/C33H35IO4Si/c1-33(2,3)39(26-13-9-7-10-14-26,27-15-11-8-12-16-27)38-30-22-24(19-20-29(30)35-4)17-18-25-21-28(34)32(37-6)31(23-25)36-5/h7-23H,1-6H3/b18-17-. The van der Waals surface area contributed by atoms with Crippen molar-refractivity contribution in [2.24, 2.45) is 0 Å². The first-order valence-corrected chi connectivity index (χ1v) is 15.8. The van der Waals surface area contributed by atoms with E-state index in [1.807, 2.05) is 18.2 Å². The Morgan fingerprint density at radius 3 is 1.67 bits per heavy atom. The second-order valence-corrected chi connectivity index (χ2v) is 15.6. The fraction of sp³-hybridized carbons (Fsp3) is 0.212. The zero-order valence-corrected chi connectivity index (χ0v) is 26.5. The minimum Gasteiger partial charge on any atom is -0.531 e. The second-order valence-electron chi connectivity index (χ2n) is 10.2. The Morgan fingerprint density at radius 2 is 1.15 bits per heavy atom. The van der Waals surface area contributed by atoms with E-state index in [0.29, 0.717) is 11.5 Å². The van der Waals surface area contributed by atoms with E-state index in [0.717, 1.165) is 26.2 Å². The van der Waals surface area contributed by atoms with Crippen LogP contribution in [0.2, 0.25) is 5.04 Å². The number of halogens is 1. The van der Waals surface area contributed by atoms with Gasteiger partial charge in [-0.15, -0.1) is 0 Å². The highest BCUT2D eigenvalue weighted by atomic mass is 127. The zero-order chi connectivity index (χ0) is 28.0. The van der Waals surface area contributed by atoms with Gasteiger partial charge in [0.1, 0.15) is 5.75 Å². The van der Waals surface area contributed by atoms with Gasteiger partial charge in [0.15, 0.2) is 17.2 Å². The Bertz CT molecular complexity index is 1390. The van der Waals surface area contributed by atoms with Crippen molar-refractivity contribution in [3.8, 4) is 23.0 Å². The SMILES string of the molecule is COc1ccc(/C=C\c2cc(I)c(OC)c(OC)c2)cc1O[Si](c1ccccc1)(c1ccccc1)C(C)(C)C. The second kappa shape index (κ2) is 12.3. The molecule has 0 N–H and O–H groups in total. The van der Waals surface area contributed by atoms with Gasteiger partial charge in [0.25, 0.3) is 0 Å². The maximum atomic E-state index is 7.28. The van der Waals surface area contributed by atoms with Crippen molar-refractivity contribution < 1.29 is 18.6 Å². The van der Waals surface area contributed by atoms with Gasteiger partial charge in [-0.25, -0.2) is 0 Å². The predicted octanol–water partition coefficient (Wildman–Crippen LogP) is 7.43. The van der Waals surface area contributed by atoms with Gasteiger partial charge in [0, 0.05) is 0 Å². The van der Waals surface area contributed by atoms with Crippen molar-refractivity contribution in [3.63, 3.8) is 0 Å². The first-order valence-electron chi connectivity index (χ1n) is 12.8. The fourth-order valence-electron chi connectivity index (χ4n) is 4.92. The monoisotopic (exact) mass is 650 g/mol. The molecule has 4 aromatic rings. The average Bonchev–Trinajstić information content (AvgIpc) is 2.94. The molecule has 0 amide bonds. The molecular formula is C33H35IO4Si. The van der Waals surface area contributed by atoms with E-state index in [9.17, 15) is 0 Å². The molecule has 0 saturated heterocycles. The highest BCUT2D eigenvalue weighted by Crippen LogP contribution is 2.41. The first kappa shape index (κ1) is 28.8. The summed E-state index contributed by atoms with van der Waals surface area (Å²) in [5.41, 5.74) is 2.02. The smallest absolute Gasteiger partial charge is 0.320 e. The topological polar surface area (TPSA) is 36.9 Å². The van der Waals surface area contributed by atoms with Crippen LogP contribution in [-0.2, 0) is 0 Å². The van der Waals surface area contributed by atoms with E-state index in [-0.39, 0.29) is 5.04 Å². The Kier molecular flexibility index (Phi) is 9.07. The van der Waals surface area contributed by atoms with Gasteiger partial charge >= 0.3 is 8.32 Å². The Labute approximate surface area is 246 Å². The summed E-state index contributed by atoms with van der Waals surface area (Å²) in [4.78, 5) is 0. The van der Waals surface area contributed by atoms with Crippen molar-refractivity contribution in [2.45, 2.75) is 25.8 Å². The third-order valence-corrected chi connectivity index (χ3v) is 12.5. The van der Waals surface area contributed by atoms with Crippen LogP contribution in [0.3, 0.4) is 0 Å². The molecule has 0 saturated carbocycles. The lowest BCUT2D eigenvalue weighted by Gasteiger charge is -2.43. The molecule has 0 spiro atoms. The van der Waals surface area contributed by atoms with Gasteiger partial charge in [-0.2, -0.15) is 0 Å². The Balaban J connectivity index is 1.81. The van der Waals surface area contributed by atoms with Crippen LogP contribution in [0, 0.1) is 3.57 Å². The van der Waals surface area contributed by atoms with E-state index >= 15 is 0 Å². The van der Waals surface area contributed by atoms with Crippen LogP contribution in [-0.4, -0.2) is 29.6 Å². The third kappa shape index (κ3) is 6.02. The molecule has 4 nitrogen and oxygen atoms in total. The molecule has 0 aliphatic carbocycles. The van der Waals surface area contributed by atoms with Gasteiger partial charge in [-0.05, 0) is 73.4 Å². The normalized spacial score (nSPS) is 11.9. The molecule has 4 aromatic carbocycles. The summed E-state index contributed by atoms with van der Waals surface area (Å²) in [6.45, 7) is 6.82. The summed E-state index contributed by atoms with van der Waals surface area (Å²) in [6, 6.07) is 31.4. The summed E-state index contributed by atoms with van der Waals surface area (Å²) >= 11 is 2.27. The maximum Gasteiger partial charge on any atom is 0.320 e. The molecule has 0 unspecified atom stereocenters. The number of hydrogen-bond acceptors (Lipinski definition) is 4. The lowest BCUT2D eigenvalue weighted by Crippen LogP contribution is -2.68. The molecule has 0 radical (unpaired) electrons. The molecule has 202 valence electrons. The van der Waals surface area contributed by atoms with Crippen molar-refractivity contribution >= 4 is 53.4 Å². The predicted molar refractivity (Wildman–Crippen MR) is 172 cm³/mol. The van der Waals surface area contributed by atoms with Crippen molar-refractivity contribution in [1.29, 1.82) is 0 Å². The highest BCUT2D eigenvalue weighted by molar-refractivity contribution is 14.1. The third-order valence-electron chi connectivity index (χ3n) is 6.79. The van der Waals surface area contributed by atoms with Gasteiger partial charge in [-0.1, -0.05) is 99.7 Å². The van der Waals surface area contributed by atoms with E-state index in [2.05, 4.69) is 128 Å². The molecule has 4 rings (SSSR count). The maximum absolute atomic E-state index is 7.28. The molecule has 0 aromatic heterocycles. The van der Waals surface area contributed by atoms with Gasteiger partial charge in [0.05, 0.1) is 24.9 Å². The quantitative estimate of drug-likeness (QED) is 0.107. The number of rotatable bonds is 9. The molecular weight excluding hydrogens is 615 g/mol. The van der Waals surface area contributed by atoms with Gasteiger partial charge < -0.3 is 18.6 Å². The zero-order valence-electron chi connectivity index (χ0n) is 23.3. The average molecular weight is 651 g/mol.